The van der Waals surface area contributed by atoms with Crippen LogP contribution < -0.4 is 10.1 Å². The van der Waals surface area contributed by atoms with Crippen LogP contribution in [0, 0.1) is 5.92 Å². The number of amides is 1. The minimum absolute atomic E-state index is 0.119. The minimum atomic E-state index is 0.119. The molecule has 0 aliphatic heterocycles. The van der Waals surface area contributed by atoms with Crippen LogP contribution in [-0.4, -0.2) is 19.1 Å². The molecule has 1 rings (SSSR count). The van der Waals surface area contributed by atoms with Crippen molar-refractivity contribution in [3.8, 4) is 5.75 Å². The van der Waals surface area contributed by atoms with Crippen LogP contribution in [0.3, 0.4) is 0 Å². The topological polar surface area (TPSA) is 38.3 Å². The standard InChI is InChI=1S/C14H20BrNO2/c1-3-11(4-2)14(17)16-9-10-18-13-8-6-5-7-12(13)15/h5-8,11H,3-4,9-10H2,1-2H3,(H,16,17). The summed E-state index contributed by atoms with van der Waals surface area (Å²) in [7, 11) is 0. The maximum absolute atomic E-state index is 11.7. The minimum Gasteiger partial charge on any atom is -0.491 e. The van der Waals surface area contributed by atoms with Crippen molar-refractivity contribution in [3.63, 3.8) is 0 Å². The number of benzene rings is 1. The van der Waals surface area contributed by atoms with Crippen molar-refractivity contribution in [2.45, 2.75) is 26.7 Å². The van der Waals surface area contributed by atoms with E-state index in [1.54, 1.807) is 0 Å². The second kappa shape index (κ2) is 8.14. The molecule has 0 aliphatic rings. The summed E-state index contributed by atoms with van der Waals surface area (Å²) >= 11 is 3.41. The lowest BCUT2D eigenvalue weighted by Gasteiger charge is -2.13. The lowest BCUT2D eigenvalue weighted by molar-refractivity contribution is -0.125. The summed E-state index contributed by atoms with van der Waals surface area (Å²) in [4.78, 5) is 11.7. The zero-order valence-electron chi connectivity index (χ0n) is 10.9. The smallest absolute Gasteiger partial charge is 0.223 e. The lowest BCUT2D eigenvalue weighted by atomic mass is 10.0. The molecule has 18 heavy (non-hydrogen) atoms. The molecule has 1 aromatic carbocycles. The first kappa shape index (κ1) is 15.0. The van der Waals surface area contributed by atoms with Crippen LogP contribution in [0.25, 0.3) is 0 Å². The van der Waals surface area contributed by atoms with Gasteiger partial charge in [-0.25, -0.2) is 0 Å². The molecule has 1 aromatic rings. The van der Waals surface area contributed by atoms with E-state index < -0.39 is 0 Å². The maximum atomic E-state index is 11.7. The zero-order chi connectivity index (χ0) is 13.4. The van der Waals surface area contributed by atoms with E-state index in [1.807, 2.05) is 38.1 Å². The van der Waals surface area contributed by atoms with Gasteiger partial charge in [0.1, 0.15) is 12.4 Å². The first-order chi connectivity index (χ1) is 8.69. The number of carbonyl (C=O) groups excluding carboxylic acids is 1. The summed E-state index contributed by atoms with van der Waals surface area (Å²) in [6.45, 7) is 5.09. The van der Waals surface area contributed by atoms with Crippen LogP contribution in [0.5, 0.6) is 5.75 Å². The Morgan fingerprint density at radius 2 is 2.00 bits per heavy atom. The van der Waals surface area contributed by atoms with Gasteiger partial charge in [-0.15, -0.1) is 0 Å². The van der Waals surface area contributed by atoms with Crippen molar-refractivity contribution < 1.29 is 9.53 Å². The Hall–Kier alpha value is -1.03. The van der Waals surface area contributed by atoms with Gasteiger partial charge >= 0.3 is 0 Å². The predicted octanol–water partition coefficient (Wildman–Crippen LogP) is 3.38. The summed E-state index contributed by atoms with van der Waals surface area (Å²) in [5.41, 5.74) is 0. The molecule has 3 nitrogen and oxygen atoms in total. The SMILES string of the molecule is CCC(CC)C(=O)NCCOc1ccccc1Br. The molecule has 0 bridgehead atoms. The highest BCUT2D eigenvalue weighted by atomic mass is 79.9. The van der Waals surface area contributed by atoms with Gasteiger partial charge < -0.3 is 10.1 Å². The number of hydrogen-bond acceptors (Lipinski definition) is 2. The van der Waals surface area contributed by atoms with Gasteiger partial charge in [-0.05, 0) is 40.9 Å². The molecule has 0 saturated carbocycles. The quantitative estimate of drug-likeness (QED) is 0.784. The van der Waals surface area contributed by atoms with E-state index in [0.717, 1.165) is 23.1 Å². The molecule has 0 aliphatic carbocycles. The van der Waals surface area contributed by atoms with E-state index in [-0.39, 0.29) is 11.8 Å². The predicted molar refractivity (Wildman–Crippen MR) is 76.7 cm³/mol. The Morgan fingerprint density at radius 3 is 2.61 bits per heavy atom. The van der Waals surface area contributed by atoms with Crippen LogP contribution in [0.15, 0.2) is 28.7 Å². The zero-order valence-corrected chi connectivity index (χ0v) is 12.5. The highest BCUT2D eigenvalue weighted by Gasteiger charge is 2.12. The normalized spacial score (nSPS) is 10.4. The van der Waals surface area contributed by atoms with Crippen molar-refractivity contribution in [2.75, 3.05) is 13.2 Å². The Bertz CT molecular complexity index is 378. The Balaban J connectivity index is 2.27. The summed E-state index contributed by atoms with van der Waals surface area (Å²) < 4.78 is 6.50. The number of para-hydroxylation sites is 1. The lowest BCUT2D eigenvalue weighted by Crippen LogP contribution is -2.33. The molecular weight excluding hydrogens is 294 g/mol. The average Bonchev–Trinajstić information content (AvgIpc) is 2.38. The molecule has 4 heteroatoms. The summed E-state index contributed by atoms with van der Waals surface area (Å²) in [6.07, 6.45) is 1.76. The van der Waals surface area contributed by atoms with Crippen LogP contribution in [0.2, 0.25) is 0 Å². The molecule has 0 heterocycles. The molecule has 100 valence electrons. The molecule has 0 fully saturated rings. The van der Waals surface area contributed by atoms with E-state index >= 15 is 0 Å². The first-order valence-corrected chi connectivity index (χ1v) is 7.13. The second-order valence-electron chi connectivity index (χ2n) is 4.08. The van der Waals surface area contributed by atoms with Gasteiger partial charge in [0.2, 0.25) is 5.91 Å². The Labute approximate surface area is 117 Å². The molecule has 0 atom stereocenters. The molecule has 0 aromatic heterocycles. The van der Waals surface area contributed by atoms with Crippen molar-refractivity contribution in [2.24, 2.45) is 5.92 Å². The van der Waals surface area contributed by atoms with Crippen molar-refractivity contribution >= 4 is 21.8 Å². The fourth-order valence-electron chi connectivity index (χ4n) is 1.70. The first-order valence-electron chi connectivity index (χ1n) is 6.34. The average molecular weight is 314 g/mol. The third-order valence-corrected chi connectivity index (χ3v) is 3.51. The fourth-order valence-corrected chi connectivity index (χ4v) is 2.10. The molecule has 0 radical (unpaired) electrons. The summed E-state index contributed by atoms with van der Waals surface area (Å²) in [6, 6.07) is 7.68. The number of ether oxygens (including phenoxy) is 1. The molecule has 0 saturated heterocycles. The molecule has 0 spiro atoms. The van der Waals surface area contributed by atoms with Gasteiger partial charge in [-0.2, -0.15) is 0 Å². The van der Waals surface area contributed by atoms with Crippen LogP contribution >= 0.6 is 15.9 Å². The highest BCUT2D eigenvalue weighted by molar-refractivity contribution is 9.10. The number of hydrogen-bond donors (Lipinski definition) is 1. The number of rotatable bonds is 7. The summed E-state index contributed by atoms with van der Waals surface area (Å²) in [5, 5.41) is 2.90. The molecule has 0 unspecified atom stereocenters. The number of carbonyl (C=O) groups is 1. The third kappa shape index (κ3) is 4.69. The van der Waals surface area contributed by atoms with Gasteiger partial charge in [-0.3, -0.25) is 4.79 Å². The maximum Gasteiger partial charge on any atom is 0.223 e. The summed E-state index contributed by atoms with van der Waals surface area (Å²) in [5.74, 6) is 1.04. The van der Waals surface area contributed by atoms with Gasteiger partial charge in [0.25, 0.3) is 0 Å². The fraction of sp³-hybridized carbons (Fsp3) is 0.500. The van der Waals surface area contributed by atoms with Gasteiger partial charge in [0, 0.05) is 5.92 Å². The van der Waals surface area contributed by atoms with Gasteiger partial charge in [0.15, 0.2) is 0 Å². The van der Waals surface area contributed by atoms with Crippen LogP contribution in [0.4, 0.5) is 0 Å². The van der Waals surface area contributed by atoms with Crippen molar-refractivity contribution in [1.82, 2.24) is 5.32 Å². The number of halogens is 1. The Morgan fingerprint density at radius 1 is 1.33 bits per heavy atom. The van der Waals surface area contributed by atoms with Crippen LogP contribution in [-0.2, 0) is 4.79 Å². The van der Waals surface area contributed by atoms with E-state index in [2.05, 4.69) is 21.2 Å². The molecular formula is C14H20BrNO2. The molecule has 1 amide bonds. The van der Waals surface area contributed by atoms with Gasteiger partial charge in [0.05, 0.1) is 11.0 Å². The number of nitrogens with one attached hydrogen (secondary N) is 1. The van der Waals surface area contributed by atoms with E-state index in [4.69, 9.17) is 4.74 Å². The van der Waals surface area contributed by atoms with E-state index in [9.17, 15) is 4.79 Å². The van der Waals surface area contributed by atoms with Crippen molar-refractivity contribution in [3.05, 3.63) is 28.7 Å². The monoisotopic (exact) mass is 313 g/mol. The Kier molecular flexibility index (Phi) is 6.80. The third-order valence-electron chi connectivity index (χ3n) is 2.85. The highest BCUT2D eigenvalue weighted by Crippen LogP contribution is 2.23. The van der Waals surface area contributed by atoms with Crippen molar-refractivity contribution in [1.29, 1.82) is 0 Å². The largest absolute Gasteiger partial charge is 0.491 e. The second-order valence-corrected chi connectivity index (χ2v) is 4.94. The van der Waals surface area contributed by atoms with E-state index in [1.165, 1.54) is 0 Å². The molecule has 1 N–H and O–H groups in total. The van der Waals surface area contributed by atoms with Crippen LogP contribution in [0.1, 0.15) is 26.7 Å². The van der Waals surface area contributed by atoms with Gasteiger partial charge in [-0.1, -0.05) is 26.0 Å². The van der Waals surface area contributed by atoms with E-state index in [0.29, 0.717) is 13.2 Å².